The fourth-order valence-corrected chi connectivity index (χ4v) is 6.43. The monoisotopic (exact) mass is 424 g/mol. The fraction of sp³-hybridized carbons (Fsp3) is 0.0323. The van der Waals surface area contributed by atoms with Gasteiger partial charge in [-0.25, -0.2) is 0 Å². The van der Waals surface area contributed by atoms with Crippen LogP contribution in [0, 0.1) is 0 Å². The summed E-state index contributed by atoms with van der Waals surface area (Å²) in [6, 6.07) is 40.2. The predicted molar refractivity (Wildman–Crippen MR) is 138 cm³/mol. The van der Waals surface area contributed by atoms with Crippen molar-refractivity contribution in [2.75, 3.05) is 0 Å². The lowest BCUT2D eigenvalue weighted by molar-refractivity contribution is 1.26. The first kappa shape index (κ1) is 17.9. The molecule has 7 rings (SSSR count). The van der Waals surface area contributed by atoms with Crippen molar-refractivity contribution in [3.8, 4) is 33.4 Å². The highest BCUT2D eigenvalue weighted by Crippen LogP contribution is 2.44. The molecule has 0 atom stereocenters. The van der Waals surface area contributed by atoms with E-state index in [1.165, 1.54) is 64.7 Å². The molecule has 0 radical (unpaired) electrons. The van der Waals surface area contributed by atoms with Crippen LogP contribution >= 0.6 is 11.3 Å². The van der Waals surface area contributed by atoms with E-state index >= 15 is 0 Å². The van der Waals surface area contributed by atoms with E-state index in [9.17, 15) is 0 Å². The van der Waals surface area contributed by atoms with E-state index in [2.05, 4.69) is 109 Å². The Morgan fingerprint density at radius 2 is 1.16 bits per heavy atom. The second-order valence-electron chi connectivity index (χ2n) is 8.53. The highest BCUT2D eigenvalue weighted by molar-refractivity contribution is 7.25. The summed E-state index contributed by atoms with van der Waals surface area (Å²) in [5.74, 6) is 0. The van der Waals surface area contributed by atoms with Crippen molar-refractivity contribution in [1.29, 1.82) is 0 Å². The quantitative estimate of drug-likeness (QED) is 0.260. The average Bonchev–Trinajstić information content (AvgIpc) is 3.42. The van der Waals surface area contributed by atoms with Gasteiger partial charge in [-0.3, -0.25) is 0 Å². The Kier molecular flexibility index (Phi) is 3.88. The van der Waals surface area contributed by atoms with Crippen molar-refractivity contribution in [2.24, 2.45) is 0 Å². The smallest absolute Gasteiger partial charge is 0.0361 e. The van der Waals surface area contributed by atoms with Crippen LogP contribution in [0.5, 0.6) is 0 Å². The van der Waals surface area contributed by atoms with Gasteiger partial charge in [-0.05, 0) is 69.1 Å². The summed E-state index contributed by atoms with van der Waals surface area (Å²) in [5, 5.41) is 2.72. The number of rotatable bonds is 2. The molecule has 0 spiro atoms. The first-order valence-corrected chi connectivity index (χ1v) is 11.9. The fourth-order valence-electron chi connectivity index (χ4n) is 5.30. The molecule has 1 heterocycles. The summed E-state index contributed by atoms with van der Waals surface area (Å²) >= 11 is 1.88. The van der Waals surface area contributed by atoms with Crippen LogP contribution in [0.2, 0.25) is 0 Å². The first-order chi connectivity index (χ1) is 15.9. The van der Waals surface area contributed by atoms with E-state index < -0.39 is 0 Å². The maximum Gasteiger partial charge on any atom is 0.0361 e. The van der Waals surface area contributed by atoms with Crippen LogP contribution in [0.4, 0.5) is 0 Å². The van der Waals surface area contributed by atoms with Gasteiger partial charge in [-0.15, -0.1) is 11.3 Å². The third kappa shape index (κ3) is 2.62. The van der Waals surface area contributed by atoms with E-state index in [-0.39, 0.29) is 0 Å². The lowest BCUT2D eigenvalue weighted by Gasteiger charge is -2.12. The molecular weight excluding hydrogens is 404 g/mol. The molecule has 1 aliphatic carbocycles. The molecule has 0 bridgehead atoms. The first-order valence-electron chi connectivity index (χ1n) is 11.1. The van der Waals surface area contributed by atoms with Crippen LogP contribution in [0.25, 0.3) is 53.6 Å². The van der Waals surface area contributed by atoms with E-state index in [0.29, 0.717) is 0 Å². The SMILES string of the molecule is c1cc(-c2cccc3c2-c2ccccc2C3)cc(-c2cccc3sc4ccccc4c23)c1. The third-order valence-corrected chi connectivity index (χ3v) is 7.84. The van der Waals surface area contributed by atoms with E-state index in [1.54, 1.807) is 0 Å². The van der Waals surface area contributed by atoms with Gasteiger partial charge >= 0.3 is 0 Å². The van der Waals surface area contributed by atoms with Gasteiger partial charge in [0.1, 0.15) is 0 Å². The lowest BCUT2D eigenvalue weighted by atomic mass is 9.91. The Hall–Kier alpha value is -3.68. The summed E-state index contributed by atoms with van der Waals surface area (Å²) in [6.07, 6.45) is 1.03. The molecule has 1 heteroatoms. The van der Waals surface area contributed by atoms with E-state index in [1.807, 2.05) is 11.3 Å². The van der Waals surface area contributed by atoms with Crippen molar-refractivity contribution >= 4 is 31.5 Å². The topological polar surface area (TPSA) is 0 Å². The van der Waals surface area contributed by atoms with Gasteiger partial charge in [0.25, 0.3) is 0 Å². The second-order valence-corrected chi connectivity index (χ2v) is 9.62. The largest absolute Gasteiger partial charge is 0.135 e. The molecular formula is C31H20S. The number of hydrogen-bond acceptors (Lipinski definition) is 1. The molecule has 0 aliphatic heterocycles. The standard InChI is InChI=1S/C31H20S/c1-2-12-24-20(8-1)19-23-11-6-14-25(30(23)24)21-9-5-10-22(18-21)26-15-7-17-29-31(26)27-13-3-4-16-28(27)32-29/h1-18H,19H2. The Morgan fingerprint density at radius 1 is 0.500 bits per heavy atom. The van der Waals surface area contributed by atoms with Crippen molar-refractivity contribution in [1.82, 2.24) is 0 Å². The summed E-state index contributed by atoms with van der Waals surface area (Å²) in [4.78, 5) is 0. The zero-order chi connectivity index (χ0) is 21.1. The van der Waals surface area contributed by atoms with Crippen LogP contribution in [0.3, 0.4) is 0 Å². The van der Waals surface area contributed by atoms with E-state index in [4.69, 9.17) is 0 Å². The Labute approximate surface area is 191 Å². The minimum Gasteiger partial charge on any atom is -0.135 e. The van der Waals surface area contributed by atoms with Gasteiger partial charge in [0.15, 0.2) is 0 Å². The van der Waals surface area contributed by atoms with Crippen LogP contribution in [0.1, 0.15) is 11.1 Å². The van der Waals surface area contributed by atoms with Crippen molar-refractivity contribution in [2.45, 2.75) is 6.42 Å². The lowest BCUT2D eigenvalue weighted by Crippen LogP contribution is -1.87. The van der Waals surface area contributed by atoms with Gasteiger partial charge in [-0.2, -0.15) is 0 Å². The summed E-state index contributed by atoms with van der Waals surface area (Å²) in [7, 11) is 0. The van der Waals surface area contributed by atoms with Gasteiger partial charge in [-0.1, -0.05) is 91.0 Å². The molecule has 0 nitrogen and oxygen atoms in total. The molecule has 0 saturated heterocycles. The molecule has 1 aliphatic rings. The molecule has 1 aromatic heterocycles. The van der Waals surface area contributed by atoms with Gasteiger partial charge < -0.3 is 0 Å². The Morgan fingerprint density at radius 3 is 2.12 bits per heavy atom. The van der Waals surface area contributed by atoms with Gasteiger partial charge in [0.2, 0.25) is 0 Å². The zero-order valence-corrected chi connectivity index (χ0v) is 18.3. The van der Waals surface area contributed by atoms with Crippen LogP contribution in [-0.4, -0.2) is 0 Å². The second kappa shape index (κ2) is 6.91. The predicted octanol–water partition coefficient (Wildman–Crippen LogP) is 8.96. The zero-order valence-electron chi connectivity index (χ0n) is 17.5. The van der Waals surface area contributed by atoms with E-state index in [0.717, 1.165) is 6.42 Å². The van der Waals surface area contributed by atoms with Gasteiger partial charge in [0, 0.05) is 20.2 Å². The molecule has 0 fully saturated rings. The molecule has 0 N–H and O–H groups in total. The maximum atomic E-state index is 2.37. The minimum absolute atomic E-state index is 1.03. The van der Waals surface area contributed by atoms with Crippen LogP contribution < -0.4 is 0 Å². The summed E-state index contributed by atoms with van der Waals surface area (Å²) < 4.78 is 2.70. The van der Waals surface area contributed by atoms with Crippen LogP contribution in [-0.2, 0) is 6.42 Å². The molecule has 0 amide bonds. The average molecular weight is 425 g/mol. The minimum atomic E-state index is 1.03. The molecule has 0 unspecified atom stereocenters. The van der Waals surface area contributed by atoms with Crippen molar-refractivity contribution in [3.05, 3.63) is 120 Å². The van der Waals surface area contributed by atoms with Crippen molar-refractivity contribution < 1.29 is 0 Å². The summed E-state index contributed by atoms with van der Waals surface area (Å²) in [5.41, 5.74) is 10.9. The Balaban J connectivity index is 1.45. The molecule has 32 heavy (non-hydrogen) atoms. The highest BCUT2D eigenvalue weighted by Gasteiger charge is 2.21. The number of hydrogen-bond donors (Lipinski definition) is 0. The number of fused-ring (bicyclic) bond motifs is 6. The molecule has 6 aromatic rings. The number of benzene rings is 5. The maximum absolute atomic E-state index is 2.37. The molecule has 5 aromatic carbocycles. The molecule has 0 saturated carbocycles. The highest BCUT2D eigenvalue weighted by atomic mass is 32.1. The van der Waals surface area contributed by atoms with Crippen LogP contribution in [0.15, 0.2) is 109 Å². The Bertz CT molecular complexity index is 1650. The number of thiophene rings is 1. The van der Waals surface area contributed by atoms with Crippen molar-refractivity contribution in [3.63, 3.8) is 0 Å². The molecule has 150 valence electrons. The third-order valence-electron chi connectivity index (χ3n) is 6.71. The summed E-state index contributed by atoms with van der Waals surface area (Å²) in [6.45, 7) is 0. The normalized spacial score (nSPS) is 12.2. The van der Waals surface area contributed by atoms with Gasteiger partial charge in [0.05, 0.1) is 0 Å².